The monoisotopic (exact) mass is 198 g/mol. The van der Waals surface area contributed by atoms with Crippen molar-refractivity contribution < 1.29 is 9.53 Å². The maximum Gasteiger partial charge on any atom is 0.303 e. The van der Waals surface area contributed by atoms with Crippen molar-refractivity contribution >= 4 is 5.97 Å². The van der Waals surface area contributed by atoms with E-state index in [0.29, 0.717) is 17.8 Å². The molecule has 0 aromatic carbocycles. The number of esters is 1. The van der Waals surface area contributed by atoms with Gasteiger partial charge in [-0.1, -0.05) is 20.8 Å². The molecule has 1 aliphatic rings. The zero-order valence-electron chi connectivity index (χ0n) is 9.96. The molecule has 3 atom stereocenters. The molecule has 0 N–H and O–H groups in total. The van der Waals surface area contributed by atoms with Crippen molar-refractivity contribution in [3.63, 3.8) is 0 Å². The Morgan fingerprint density at radius 2 is 2.00 bits per heavy atom. The van der Waals surface area contributed by atoms with Crippen LogP contribution in [0.3, 0.4) is 0 Å². The molecule has 0 aromatic rings. The van der Waals surface area contributed by atoms with E-state index < -0.39 is 0 Å². The van der Waals surface area contributed by atoms with E-state index in [4.69, 9.17) is 4.74 Å². The molecule has 1 rings (SSSR count). The summed E-state index contributed by atoms with van der Waals surface area (Å²) in [5.74, 6) is 1.44. The summed E-state index contributed by atoms with van der Waals surface area (Å²) in [4.78, 5) is 11.1. The molecule has 1 saturated carbocycles. The van der Waals surface area contributed by atoms with E-state index in [0.717, 1.165) is 0 Å². The summed E-state index contributed by atoms with van der Waals surface area (Å²) in [5.41, 5.74) is -0.236. The molecule has 2 nitrogen and oxygen atoms in total. The van der Waals surface area contributed by atoms with E-state index in [-0.39, 0.29) is 11.6 Å². The zero-order chi connectivity index (χ0) is 10.9. The second-order valence-electron chi connectivity index (χ2n) is 5.11. The van der Waals surface area contributed by atoms with E-state index in [1.807, 2.05) is 0 Å². The van der Waals surface area contributed by atoms with Crippen molar-refractivity contribution in [3.05, 3.63) is 0 Å². The molecule has 2 heteroatoms. The predicted molar refractivity (Wildman–Crippen MR) is 56.9 cm³/mol. The molecule has 14 heavy (non-hydrogen) atoms. The summed E-state index contributed by atoms with van der Waals surface area (Å²) in [6, 6.07) is 0. The van der Waals surface area contributed by atoms with E-state index in [1.165, 1.54) is 19.8 Å². The highest BCUT2D eigenvalue weighted by Crippen LogP contribution is 2.46. The standard InChI is InChI=1S/C12H22O2/c1-8(2)11-7-6-9(3)12(11,5)14-10(4)13/h8-9,11H,6-7H2,1-5H3. The third-order valence-corrected chi connectivity index (χ3v) is 3.79. The van der Waals surface area contributed by atoms with Gasteiger partial charge in [-0.25, -0.2) is 0 Å². The number of ether oxygens (including phenoxy) is 1. The molecule has 0 amide bonds. The normalized spacial score (nSPS) is 37.6. The average Bonchev–Trinajstić information content (AvgIpc) is 2.26. The van der Waals surface area contributed by atoms with Gasteiger partial charge in [-0.2, -0.15) is 0 Å². The minimum atomic E-state index is -0.236. The fraction of sp³-hybridized carbons (Fsp3) is 0.917. The lowest BCUT2D eigenvalue weighted by atomic mass is 9.80. The summed E-state index contributed by atoms with van der Waals surface area (Å²) in [6.07, 6.45) is 2.36. The minimum Gasteiger partial charge on any atom is -0.459 e. The molecular formula is C12H22O2. The lowest BCUT2D eigenvalue weighted by molar-refractivity contribution is -0.165. The quantitative estimate of drug-likeness (QED) is 0.637. The Kier molecular flexibility index (Phi) is 3.23. The van der Waals surface area contributed by atoms with Gasteiger partial charge < -0.3 is 4.74 Å². The SMILES string of the molecule is CC(=O)OC1(C)C(C)CCC1C(C)C. The maximum atomic E-state index is 11.1. The first-order valence-corrected chi connectivity index (χ1v) is 5.57. The molecule has 0 bridgehead atoms. The third kappa shape index (κ3) is 1.94. The van der Waals surface area contributed by atoms with Gasteiger partial charge in [0.15, 0.2) is 0 Å². The maximum absolute atomic E-state index is 11.1. The van der Waals surface area contributed by atoms with Crippen molar-refractivity contribution in [1.82, 2.24) is 0 Å². The van der Waals surface area contributed by atoms with Gasteiger partial charge in [0.2, 0.25) is 0 Å². The van der Waals surface area contributed by atoms with Crippen LogP contribution in [-0.2, 0) is 9.53 Å². The molecule has 1 fully saturated rings. The van der Waals surface area contributed by atoms with Gasteiger partial charge in [0.25, 0.3) is 0 Å². The van der Waals surface area contributed by atoms with Crippen LogP contribution in [0.4, 0.5) is 0 Å². The second kappa shape index (κ2) is 3.92. The first kappa shape index (κ1) is 11.5. The van der Waals surface area contributed by atoms with Crippen LogP contribution >= 0.6 is 0 Å². The Morgan fingerprint density at radius 3 is 2.43 bits per heavy atom. The van der Waals surface area contributed by atoms with Gasteiger partial charge in [0, 0.05) is 12.8 Å². The van der Waals surface area contributed by atoms with Crippen molar-refractivity contribution in [2.45, 2.75) is 53.1 Å². The Balaban J connectivity index is 2.83. The number of carbonyl (C=O) groups excluding carboxylic acids is 1. The lowest BCUT2D eigenvalue weighted by Gasteiger charge is -2.36. The number of rotatable bonds is 2. The van der Waals surface area contributed by atoms with Crippen molar-refractivity contribution in [3.8, 4) is 0 Å². The molecule has 0 aliphatic heterocycles. The van der Waals surface area contributed by atoms with Crippen molar-refractivity contribution in [2.75, 3.05) is 0 Å². The Labute approximate surface area is 87.0 Å². The summed E-state index contributed by atoms with van der Waals surface area (Å²) in [6.45, 7) is 10.2. The fourth-order valence-corrected chi connectivity index (χ4v) is 2.85. The van der Waals surface area contributed by atoms with Crippen LogP contribution in [0.1, 0.15) is 47.5 Å². The molecule has 3 unspecified atom stereocenters. The summed E-state index contributed by atoms with van der Waals surface area (Å²) < 4.78 is 5.55. The molecule has 0 saturated heterocycles. The molecular weight excluding hydrogens is 176 g/mol. The van der Waals surface area contributed by atoms with Crippen LogP contribution < -0.4 is 0 Å². The van der Waals surface area contributed by atoms with Gasteiger partial charge in [-0.05, 0) is 31.6 Å². The topological polar surface area (TPSA) is 26.3 Å². The first-order valence-electron chi connectivity index (χ1n) is 5.57. The zero-order valence-corrected chi connectivity index (χ0v) is 9.96. The van der Waals surface area contributed by atoms with Crippen LogP contribution in [0.25, 0.3) is 0 Å². The first-order chi connectivity index (χ1) is 6.38. The van der Waals surface area contributed by atoms with Crippen LogP contribution in [0.2, 0.25) is 0 Å². The Bertz CT molecular complexity index is 222. The second-order valence-corrected chi connectivity index (χ2v) is 5.11. The van der Waals surface area contributed by atoms with E-state index in [9.17, 15) is 4.79 Å². The average molecular weight is 198 g/mol. The van der Waals surface area contributed by atoms with E-state index >= 15 is 0 Å². The highest BCUT2D eigenvalue weighted by molar-refractivity contribution is 5.66. The van der Waals surface area contributed by atoms with E-state index in [1.54, 1.807) is 0 Å². The molecule has 0 aromatic heterocycles. The van der Waals surface area contributed by atoms with Gasteiger partial charge in [-0.15, -0.1) is 0 Å². The molecule has 0 spiro atoms. The number of carbonyl (C=O) groups is 1. The lowest BCUT2D eigenvalue weighted by Crippen LogP contribution is -2.42. The van der Waals surface area contributed by atoms with Crippen LogP contribution in [0, 0.1) is 17.8 Å². The van der Waals surface area contributed by atoms with Crippen LogP contribution in [0.15, 0.2) is 0 Å². The predicted octanol–water partition coefficient (Wildman–Crippen LogP) is 3.01. The summed E-state index contributed by atoms with van der Waals surface area (Å²) >= 11 is 0. The molecule has 1 aliphatic carbocycles. The third-order valence-electron chi connectivity index (χ3n) is 3.79. The smallest absolute Gasteiger partial charge is 0.303 e. The highest BCUT2D eigenvalue weighted by Gasteiger charge is 2.48. The van der Waals surface area contributed by atoms with E-state index in [2.05, 4.69) is 27.7 Å². The van der Waals surface area contributed by atoms with Crippen LogP contribution in [-0.4, -0.2) is 11.6 Å². The molecule has 82 valence electrons. The van der Waals surface area contributed by atoms with Gasteiger partial charge in [-0.3, -0.25) is 4.79 Å². The Morgan fingerprint density at radius 1 is 1.43 bits per heavy atom. The van der Waals surface area contributed by atoms with Crippen LogP contribution in [0.5, 0.6) is 0 Å². The summed E-state index contributed by atoms with van der Waals surface area (Å²) in [5, 5.41) is 0. The van der Waals surface area contributed by atoms with Gasteiger partial charge in [0.05, 0.1) is 0 Å². The van der Waals surface area contributed by atoms with Gasteiger partial charge >= 0.3 is 5.97 Å². The number of hydrogen-bond acceptors (Lipinski definition) is 2. The Hall–Kier alpha value is -0.530. The van der Waals surface area contributed by atoms with Crippen molar-refractivity contribution in [2.24, 2.45) is 17.8 Å². The summed E-state index contributed by atoms with van der Waals surface area (Å²) in [7, 11) is 0. The van der Waals surface area contributed by atoms with Gasteiger partial charge in [0.1, 0.15) is 5.60 Å². The number of hydrogen-bond donors (Lipinski definition) is 0. The highest BCUT2D eigenvalue weighted by atomic mass is 16.6. The fourth-order valence-electron chi connectivity index (χ4n) is 2.85. The largest absolute Gasteiger partial charge is 0.459 e. The van der Waals surface area contributed by atoms with Crippen molar-refractivity contribution in [1.29, 1.82) is 0 Å². The molecule has 0 radical (unpaired) electrons. The molecule has 0 heterocycles. The minimum absolute atomic E-state index is 0.146.